The molecule has 5 rings (SSSR count). The van der Waals surface area contributed by atoms with Crippen LogP contribution in [0.2, 0.25) is 0 Å². The zero-order valence-electron chi connectivity index (χ0n) is 14.0. The Hall–Kier alpha value is -3.20. The van der Waals surface area contributed by atoms with Crippen LogP contribution in [0.1, 0.15) is 12.5 Å². The minimum atomic E-state index is 0.896. The first-order chi connectivity index (χ1) is 12.4. The highest BCUT2D eigenvalue weighted by Gasteiger charge is 2.15. The first-order valence-electron chi connectivity index (χ1n) is 8.60. The fraction of sp³-hybridized carbons (Fsp3) is 0.0909. The van der Waals surface area contributed by atoms with Crippen LogP contribution in [0.5, 0.6) is 0 Å². The summed E-state index contributed by atoms with van der Waals surface area (Å²) in [6.45, 7) is 2.17. The van der Waals surface area contributed by atoms with Gasteiger partial charge >= 0.3 is 0 Å². The maximum atomic E-state index is 4.55. The molecule has 5 aromatic rings. The summed E-state index contributed by atoms with van der Waals surface area (Å²) >= 11 is 0. The van der Waals surface area contributed by atoms with Crippen molar-refractivity contribution < 1.29 is 0 Å². The number of hydrogen-bond acceptors (Lipinski definition) is 2. The Morgan fingerprint density at radius 2 is 1.52 bits per heavy atom. The molecule has 3 nitrogen and oxygen atoms in total. The summed E-state index contributed by atoms with van der Waals surface area (Å²) in [6, 6.07) is 25.5. The lowest BCUT2D eigenvalue weighted by Crippen LogP contribution is -1.94. The van der Waals surface area contributed by atoms with Gasteiger partial charge in [0.1, 0.15) is 0 Å². The molecule has 0 atom stereocenters. The van der Waals surface area contributed by atoms with Crippen molar-refractivity contribution in [3.8, 4) is 11.4 Å². The van der Waals surface area contributed by atoms with Crippen molar-refractivity contribution in [3.05, 3.63) is 78.4 Å². The molecule has 120 valence electrons. The second kappa shape index (κ2) is 5.42. The molecule has 3 aromatic carbocycles. The Balaban J connectivity index is 1.97. The van der Waals surface area contributed by atoms with E-state index in [2.05, 4.69) is 94.3 Å². The van der Waals surface area contributed by atoms with Gasteiger partial charge in [-0.3, -0.25) is 4.40 Å². The van der Waals surface area contributed by atoms with E-state index in [0.29, 0.717) is 0 Å². The molecule has 0 unspecified atom stereocenters. The van der Waals surface area contributed by atoms with Crippen molar-refractivity contribution >= 4 is 27.3 Å². The van der Waals surface area contributed by atoms with E-state index in [1.165, 1.54) is 16.3 Å². The molecule has 0 radical (unpaired) electrons. The van der Waals surface area contributed by atoms with Crippen molar-refractivity contribution in [2.45, 2.75) is 13.3 Å². The quantitative estimate of drug-likeness (QED) is 0.415. The van der Waals surface area contributed by atoms with E-state index in [-0.39, 0.29) is 0 Å². The van der Waals surface area contributed by atoms with Crippen LogP contribution in [0.4, 0.5) is 0 Å². The zero-order valence-corrected chi connectivity index (χ0v) is 14.0. The van der Waals surface area contributed by atoms with E-state index in [4.69, 9.17) is 0 Å². The van der Waals surface area contributed by atoms with Gasteiger partial charge in [-0.15, -0.1) is 10.2 Å². The number of aryl methyl sites for hydroxylation is 1. The lowest BCUT2D eigenvalue weighted by Gasteiger charge is -2.09. The van der Waals surface area contributed by atoms with Crippen LogP contribution in [0.25, 0.3) is 38.7 Å². The van der Waals surface area contributed by atoms with Crippen molar-refractivity contribution in [3.63, 3.8) is 0 Å². The van der Waals surface area contributed by atoms with Gasteiger partial charge in [0.2, 0.25) is 0 Å². The van der Waals surface area contributed by atoms with Crippen molar-refractivity contribution in [2.24, 2.45) is 0 Å². The molecule has 0 spiro atoms. The fourth-order valence-electron chi connectivity index (χ4n) is 3.61. The van der Waals surface area contributed by atoms with Crippen LogP contribution < -0.4 is 0 Å². The second-order valence-electron chi connectivity index (χ2n) is 6.30. The molecule has 0 saturated carbocycles. The van der Waals surface area contributed by atoms with Gasteiger partial charge in [-0.25, -0.2) is 0 Å². The average Bonchev–Trinajstić information content (AvgIpc) is 3.14. The smallest absolute Gasteiger partial charge is 0.169 e. The Kier molecular flexibility index (Phi) is 3.07. The van der Waals surface area contributed by atoms with Crippen LogP contribution in [0.15, 0.2) is 72.8 Å². The predicted octanol–water partition coefficient (Wildman–Crippen LogP) is 5.27. The SMILES string of the molecule is CCc1cccc(-c2nnc3c4ccccc4c4ccccc4n23)c1. The van der Waals surface area contributed by atoms with Gasteiger partial charge in [-0.1, -0.05) is 67.6 Å². The molecule has 0 N–H and O–H groups in total. The van der Waals surface area contributed by atoms with Gasteiger partial charge in [0, 0.05) is 16.3 Å². The fourth-order valence-corrected chi connectivity index (χ4v) is 3.61. The molecule has 25 heavy (non-hydrogen) atoms. The van der Waals surface area contributed by atoms with E-state index in [1.54, 1.807) is 0 Å². The Bertz CT molecular complexity index is 1230. The van der Waals surface area contributed by atoms with Gasteiger partial charge in [-0.2, -0.15) is 0 Å². The van der Waals surface area contributed by atoms with Gasteiger partial charge in [0.15, 0.2) is 11.5 Å². The van der Waals surface area contributed by atoms with Crippen molar-refractivity contribution in [1.29, 1.82) is 0 Å². The molecule has 0 amide bonds. The molecule has 2 heterocycles. The number of benzene rings is 3. The summed E-state index contributed by atoms with van der Waals surface area (Å²) in [5.74, 6) is 0.896. The van der Waals surface area contributed by atoms with Crippen molar-refractivity contribution in [1.82, 2.24) is 14.6 Å². The molecular weight excluding hydrogens is 306 g/mol. The maximum absolute atomic E-state index is 4.55. The Labute approximate surface area is 145 Å². The van der Waals surface area contributed by atoms with E-state index >= 15 is 0 Å². The summed E-state index contributed by atoms with van der Waals surface area (Å²) in [6.07, 6.45) is 1.01. The van der Waals surface area contributed by atoms with E-state index < -0.39 is 0 Å². The van der Waals surface area contributed by atoms with Gasteiger partial charge < -0.3 is 0 Å². The van der Waals surface area contributed by atoms with Crippen LogP contribution in [-0.4, -0.2) is 14.6 Å². The normalized spacial score (nSPS) is 11.6. The molecule has 0 fully saturated rings. The van der Waals surface area contributed by atoms with Crippen LogP contribution in [0, 0.1) is 0 Å². The van der Waals surface area contributed by atoms with Crippen LogP contribution in [0.3, 0.4) is 0 Å². The highest BCUT2D eigenvalue weighted by atomic mass is 15.2. The minimum absolute atomic E-state index is 0.896. The third kappa shape index (κ3) is 2.06. The molecular formula is C22H17N3. The second-order valence-corrected chi connectivity index (χ2v) is 6.30. The number of rotatable bonds is 2. The lowest BCUT2D eigenvalue weighted by atomic mass is 10.1. The number of fused-ring (bicyclic) bond motifs is 6. The predicted molar refractivity (Wildman–Crippen MR) is 103 cm³/mol. The first kappa shape index (κ1) is 14.2. The largest absolute Gasteiger partial charge is 0.274 e. The third-order valence-corrected chi connectivity index (χ3v) is 4.86. The monoisotopic (exact) mass is 323 g/mol. The number of hydrogen-bond donors (Lipinski definition) is 0. The van der Waals surface area contributed by atoms with Crippen LogP contribution >= 0.6 is 0 Å². The van der Waals surface area contributed by atoms with E-state index in [1.807, 2.05) is 0 Å². The van der Waals surface area contributed by atoms with E-state index in [0.717, 1.165) is 34.4 Å². The molecule has 0 aliphatic carbocycles. The molecule has 0 bridgehead atoms. The van der Waals surface area contributed by atoms with E-state index in [9.17, 15) is 0 Å². The summed E-state index contributed by atoms with van der Waals surface area (Å²) in [5, 5.41) is 12.7. The lowest BCUT2D eigenvalue weighted by molar-refractivity contribution is 1.11. The zero-order chi connectivity index (χ0) is 16.8. The molecule has 3 heteroatoms. The summed E-state index contributed by atoms with van der Waals surface area (Å²) < 4.78 is 2.19. The highest BCUT2D eigenvalue weighted by molar-refractivity contribution is 6.12. The molecule has 0 aliphatic heterocycles. The molecule has 0 saturated heterocycles. The Morgan fingerprint density at radius 3 is 2.36 bits per heavy atom. The van der Waals surface area contributed by atoms with Crippen molar-refractivity contribution in [2.75, 3.05) is 0 Å². The van der Waals surface area contributed by atoms with Crippen LogP contribution in [-0.2, 0) is 6.42 Å². The standard InChI is InChI=1S/C22H17N3/c1-2-15-8-7-9-16(14-15)21-23-24-22-19-12-4-3-10-17(19)18-11-5-6-13-20(18)25(21)22/h3-14H,2H2,1H3. The average molecular weight is 323 g/mol. The van der Waals surface area contributed by atoms with Gasteiger partial charge in [-0.05, 0) is 29.5 Å². The topological polar surface area (TPSA) is 30.2 Å². The van der Waals surface area contributed by atoms with Gasteiger partial charge in [0.05, 0.1) is 5.52 Å². The first-order valence-corrected chi connectivity index (χ1v) is 8.60. The number of para-hydroxylation sites is 1. The summed E-state index contributed by atoms with van der Waals surface area (Å²) in [5.41, 5.74) is 4.45. The maximum Gasteiger partial charge on any atom is 0.169 e. The summed E-state index contributed by atoms with van der Waals surface area (Å²) in [4.78, 5) is 0. The Morgan fingerprint density at radius 1 is 0.760 bits per heavy atom. The molecule has 0 aliphatic rings. The minimum Gasteiger partial charge on any atom is -0.274 e. The number of nitrogens with zero attached hydrogens (tertiary/aromatic N) is 3. The molecule has 2 aromatic heterocycles. The highest BCUT2D eigenvalue weighted by Crippen LogP contribution is 2.31. The number of pyridine rings is 1. The number of aromatic nitrogens is 3. The summed E-state index contributed by atoms with van der Waals surface area (Å²) in [7, 11) is 0. The van der Waals surface area contributed by atoms with Gasteiger partial charge in [0.25, 0.3) is 0 Å². The third-order valence-electron chi connectivity index (χ3n) is 4.86.